The molecule has 1 aromatic rings. The minimum atomic E-state index is -1.31. The maximum atomic E-state index is 5.10. The minimum absolute atomic E-state index is 0. The van der Waals surface area contributed by atoms with E-state index < -0.39 is 11.9 Å². The molecule has 1 rings (SSSR count). The Bertz CT molecular complexity index is 268. The molecule has 0 aliphatic heterocycles. The minimum Gasteiger partial charge on any atom is -0.497 e. The summed E-state index contributed by atoms with van der Waals surface area (Å²) in [5, 5.41) is 0. The summed E-state index contributed by atoms with van der Waals surface area (Å²) in [4.78, 5) is 1.36. The molecule has 0 saturated carbocycles. The van der Waals surface area contributed by atoms with Gasteiger partial charge in [-0.05, 0) is 29.2 Å². The summed E-state index contributed by atoms with van der Waals surface area (Å²) in [6.45, 7) is 0. The summed E-state index contributed by atoms with van der Waals surface area (Å²) >= 11 is -1.31. The van der Waals surface area contributed by atoms with E-state index in [0.717, 1.165) is 5.75 Å². The van der Waals surface area contributed by atoms with Gasteiger partial charge in [0.25, 0.3) is 0 Å². The molecule has 0 amide bonds. The van der Waals surface area contributed by atoms with E-state index in [9.17, 15) is 0 Å². The van der Waals surface area contributed by atoms with E-state index in [1.54, 1.807) is 7.11 Å². The predicted molar refractivity (Wildman–Crippen MR) is 62.2 cm³/mol. The zero-order chi connectivity index (χ0) is 9.90. The van der Waals surface area contributed by atoms with Crippen molar-refractivity contribution in [2.24, 2.45) is 0 Å². The molecular formula is C10H16AlLiOS. The fraction of sp³-hybridized carbons (Fsp3) is 0.400. The third kappa shape index (κ3) is 5.40. The van der Waals surface area contributed by atoms with Gasteiger partial charge in [-0.25, -0.2) is 0 Å². The van der Waals surface area contributed by atoms with Gasteiger partial charge in [-0.3, -0.25) is 0 Å². The van der Waals surface area contributed by atoms with Crippen molar-refractivity contribution in [1.82, 2.24) is 0 Å². The molecule has 1 nitrogen and oxygen atoms in total. The SMILES string of the molecule is COc1ccc([S][Al-]([CH3])([CH3])[CH3])cc1.[Li+]. The maximum absolute atomic E-state index is 5.10. The van der Waals surface area contributed by atoms with E-state index >= 15 is 0 Å². The van der Waals surface area contributed by atoms with Gasteiger partial charge in [-0.2, -0.15) is 17.4 Å². The number of hydrogen-bond acceptors (Lipinski definition) is 2. The molecule has 0 radical (unpaired) electrons. The first kappa shape index (κ1) is 14.5. The Morgan fingerprint density at radius 1 is 1.07 bits per heavy atom. The Balaban J connectivity index is 0.00000169. The summed E-state index contributed by atoms with van der Waals surface area (Å²) < 4.78 is 5.10. The van der Waals surface area contributed by atoms with Gasteiger partial charge in [0, 0.05) is 0 Å². The summed E-state index contributed by atoms with van der Waals surface area (Å²) in [6, 6.07) is 8.31. The fourth-order valence-electron chi connectivity index (χ4n) is 1.06. The van der Waals surface area contributed by atoms with Crippen molar-refractivity contribution >= 4 is 22.1 Å². The molecule has 14 heavy (non-hydrogen) atoms. The van der Waals surface area contributed by atoms with Crippen LogP contribution < -0.4 is 23.6 Å². The molecule has 72 valence electrons. The molecule has 0 N–H and O–H groups in total. The van der Waals surface area contributed by atoms with Gasteiger partial charge in [0.05, 0.1) is 7.11 Å². The van der Waals surface area contributed by atoms with Crippen LogP contribution in [0.3, 0.4) is 0 Å². The van der Waals surface area contributed by atoms with Gasteiger partial charge >= 0.3 is 18.9 Å². The number of hydrogen-bond donors (Lipinski definition) is 0. The molecule has 0 bridgehead atoms. The number of benzene rings is 1. The topological polar surface area (TPSA) is 9.23 Å². The van der Waals surface area contributed by atoms with Crippen molar-refractivity contribution in [2.75, 3.05) is 7.11 Å². The van der Waals surface area contributed by atoms with Crippen molar-refractivity contribution in [3.63, 3.8) is 0 Å². The number of rotatable bonds is 3. The molecule has 0 atom stereocenters. The number of ether oxygens (including phenoxy) is 1. The van der Waals surface area contributed by atoms with Crippen molar-refractivity contribution in [3.05, 3.63) is 24.3 Å². The normalized spacial score (nSPS) is 10.6. The third-order valence-corrected chi connectivity index (χ3v) is 5.74. The zero-order valence-electron chi connectivity index (χ0n) is 9.70. The molecular weight excluding hydrogens is 202 g/mol. The van der Waals surface area contributed by atoms with E-state index in [1.807, 2.05) is 22.3 Å². The van der Waals surface area contributed by atoms with Crippen LogP contribution in [-0.4, -0.2) is 19.1 Å². The third-order valence-electron chi connectivity index (χ3n) is 1.55. The van der Waals surface area contributed by atoms with Crippen LogP contribution in [0.2, 0.25) is 17.4 Å². The Morgan fingerprint density at radius 2 is 1.57 bits per heavy atom. The first-order chi connectivity index (χ1) is 6.01. The molecule has 0 heterocycles. The fourth-order valence-corrected chi connectivity index (χ4v) is 5.09. The standard InChI is InChI=1S/C7H8OS.3CH3.Al.Li/c1-8-6-2-4-7(9)5-3-6;;;;;/h2-5,9H,1H3;3*1H3;;/q;;;;;+1/p-1. The maximum Gasteiger partial charge on any atom is 1.00 e. The van der Waals surface area contributed by atoms with Crippen LogP contribution in [0.5, 0.6) is 5.75 Å². The van der Waals surface area contributed by atoms with Crippen molar-refractivity contribution in [3.8, 4) is 5.75 Å². The largest absolute Gasteiger partial charge is 1.00 e. The van der Waals surface area contributed by atoms with Gasteiger partial charge in [0.15, 0.2) is 0 Å². The van der Waals surface area contributed by atoms with Crippen LogP contribution in [0.4, 0.5) is 0 Å². The zero-order valence-corrected chi connectivity index (χ0v) is 11.7. The molecule has 0 aliphatic carbocycles. The van der Waals surface area contributed by atoms with Crippen LogP contribution in [0.1, 0.15) is 0 Å². The van der Waals surface area contributed by atoms with E-state index in [0.29, 0.717) is 0 Å². The summed E-state index contributed by atoms with van der Waals surface area (Å²) in [6.07, 6.45) is 0. The van der Waals surface area contributed by atoms with Gasteiger partial charge in [-0.15, -0.1) is 0 Å². The summed E-state index contributed by atoms with van der Waals surface area (Å²) in [5.41, 5.74) is 0. The molecule has 0 saturated heterocycles. The van der Waals surface area contributed by atoms with Crippen LogP contribution in [0.25, 0.3) is 0 Å². The molecule has 4 heteroatoms. The smallest absolute Gasteiger partial charge is 0.497 e. The quantitative estimate of drug-likeness (QED) is 0.688. The molecule has 0 spiro atoms. The predicted octanol–water partition coefficient (Wildman–Crippen LogP) is 0.626. The average Bonchev–Trinajstić information content (AvgIpc) is 2.03. The Kier molecular flexibility index (Phi) is 6.38. The van der Waals surface area contributed by atoms with Crippen LogP contribution in [-0.2, 0) is 0 Å². The first-order valence-electron chi connectivity index (χ1n) is 4.61. The van der Waals surface area contributed by atoms with E-state index in [1.165, 1.54) is 4.90 Å². The van der Waals surface area contributed by atoms with Gasteiger partial charge in [0.2, 0.25) is 11.9 Å². The van der Waals surface area contributed by atoms with Crippen molar-refractivity contribution in [1.29, 1.82) is 0 Å². The van der Waals surface area contributed by atoms with Crippen LogP contribution in [0.15, 0.2) is 29.2 Å². The summed E-state index contributed by atoms with van der Waals surface area (Å²) in [5.74, 6) is 8.06. The van der Waals surface area contributed by atoms with Crippen LogP contribution >= 0.6 is 10.1 Å². The second-order valence-corrected chi connectivity index (χ2v) is 14.8. The second kappa shape index (κ2) is 6.16. The van der Waals surface area contributed by atoms with Crippen molar-refractivity contribution < 1.29 is 23.6 Å². The Morgan fingerprint density at radius 3 is 1.93 bits per heavy atom. The van der Waals surface area contributed by atoms with Crippen LogP contribution in [0, 0.1) is 0 Å². The van der Waals surface area contributed by atoms with E-state index in [-0.39, 0.29) is 18.9 Å². The Hall–Kier alpha value is 0.500. The molecule has 1 aromatic carbocycles. The Labute approximate surface area is 105 Å². The molecule has 0 unspecified atom stereocenters. The first-order valence-corrected chi connectivity index (χ1v) is 10.4. The van der Waals surface area contributed by atoms with E-state index in [2.05, 4.69) is 29.5 Å². The van der Waals surface area contributed by atoms with Gasteiger partial charge < -0.3 is 14.9 Å². The van der Waals surface area contributed by atoms with Gasteiger partial charge in [-0.1, -0.05) is 0 Å². The monoisotopic (exact) mass is 218 g/mol. The second-order valence-electron chi connectivity index (χ2n) is 4.23. The molecule has 0 aromatic heterocycles. The van der Waals surface area contributed by atoms with Crippen molar-refractivity contribution in [2.45, 2.75) is 22.3 Å². The average molecular weight is 218 g/mol. The molecule has 0 fully saturated rings. The van der Waals surface area contributed by atoms with Gasteiger partial charge in [0.1, 0.15) is 5.75 Å². The molecule has 0 aliphatic rings. The van der Waals surface area contributed by atoms with E-state index in [4.69, 9.17) is 4.74 Å². The summed E-state index contributed by atoms with van der Waals surface area (Å²) in [7, 11) is 3.73. The number of methoxy groups -OCH3 is 1.